The second-order valence-corrected chi connectivity index (χ2v) is 12.9. The number of carbonyl (C=O) groups is 5. The summed E-state index contributed by atoms with van der Waals surface area (Å²) in [6.45, 7) is 7.77. The fourth-order valence-corrected chi connectivity index (χ4v) is 5.86. The smallest absolute Gasteiger partial charge is 0.475 e. The van der Waals surface area contributed by atoms with E-state index in [1.54, 1.807) is 13.0 Å². The van der Waals surface area contributed by atoms with Crippen molar-refractivity contribution < 1.29 is 55.4 Å². The fraction of sp³-hybridized carbons (Fsp3) is 0.378. The Morgan fingerprint density at radius 1 is 0.818 bits per heavy atom. The zero-order chi connectivity index (χ0) is 40.5. The third-order valence-corrected chi connectivity index (χ3v) is 8.93. The quantitative estimate of drug-likeness (QED) is 0.187. The number of hydrogen-bond donors (Lipinski definition) is 5. The van der Waals surface area contributed by atoms with E-state index in [4.69, 9.17) is 9.90 Å². The fourth-order valence-electron chi connectivity index (χ4n) is 5.86. The van der Waals surface area contributed by atoms with E-state index in [2.05, 4.69) is 33.1 Å². The van der Waals surface area contributed by atoms with E-state index in [9.17, 15) is 45.5 Å². The van der Waals surface area contributed by atoms with Gasteiger partial charge in [-0.05, 0) is 54.4 Å². The van der Waals surface area contributed by atoms with E-state index in [1.807, 2.05) is 35.2 Å². The molecule has 0 aromatic heterocycles. The van der Waals surface area contributed by atoms with Gasteiger partial charge < -0.3 is 31.3 Å². The normalized spacial score (nSPS) is 18.0. The van der Waals surface area contributed by atoms with Gasteiger partial charge in [0.2, 0.25) is 17.7 Å². The maximum absolute atomic E-state index is 14.1. The van der Waals surface area contributed by atoms with Crippen LogP contribution in [0.5, 0.6) is 0 Å². The number of halogens is 6. The topological polar surface area (TPSA) is 160 Å². The van der Waals surface area contributed by atoms with Crippen LogP contribution in [0.25, 0.3) is 0 Å². The number of aliphatic carboxylic acids is 1. The van der Waals surface area contributed by atoms with Gasteiger partial charge in [0.15, 0.2) is 0 Å². The molecule has 5 N–H and O–H groups in total. The van der Waals surface area contributed by atoms with Crippen LogP contribution in [-0.4, -0.2) is 95.5 Å². The number of piperazine rings is 2. The first-order chi connectivity index (χ1) is 25.8. The molecule has 296 valence electrons. The molecule has 12 nitrogen and oxygen atoms in total. The number of nitrogens with one attached hydrogen (secondary N) is 4. The molecule has 0 radical (unpaired) electrons. The van der Waals surface area contributed by atoms with Crippen LogP contribution in [0.15, 0.2) is 66.7 Å². The van der Waals surface area contributed by atoms with E-state index in [0.717, 1.165) is 31.3 Å². The van der Waals surface area contributed by atoms with Gasteiger partial charge in [0.05, 0.1) is 12.0 Å². The molecular weight excluding hydrogens is 738 g/mol. The summed E-state index contributed by atoms with van der Waals surface area (Å²) in [5.41, 5.74) is 1.20. The van der Waals surface area contributed by atoms with Gasteiger partial charge in [-0.15, -0.1) is 0 Å². The Labute approximate surface area is 312 Å². The highest BCUT2D eigenvalue weighted by molar-refractivity contribution is 6.06. The first-order valence-electron chi connectivity index (χ1n) is 17.2. The molecule has 0 spiro atoms. The van der Waals surface area contributed by atoms with E-state index < -0.39 is 59.6 Å². The van der Waals surface area contributed by atoms with Gasteiger partial charge in [-0.3, -0.25) is 24.1 Å². The molecule has 2 heterocycles. The lowest BCUT2D eigenvalue weighted by Crippen LogP contribution is -2.62. The maximum atomic E-state index is 14.1. The predicted octanol–water partition coefficient (Wildman–Crippen LogP) is 4.59. The van der Waals surface area contributed by atoms with Crippen molar-refractivity contribution in [3.8, 4) is 0 Å². The van der Waals surface area contributed by atoms with Gasteiger partial charge in [0, 0.05) is 56.1 Å². The molecule has 0 unspecified atom stereocenters. The second-order valence-electron chi connectivity index (χ2n) is 12.9. The third-order valence-electron chi connectivity index (χ3n) is 8.93. The van der Waals surface area contributed by atoms with Crippen LogP contribution in [-0.2, 0) is 38.3 Å². The van der Waals surface area contributed by atoms with Crippen LogP contribution < -0.4 is 21.3 Å². The minimum atomic E-state index is -5.08. The van der Waals surface area contributed by atoms with Gasteiger partial charge in [0.1, 0.15) is 12.1 Å². The van der Waals surface area contributed by atoms with Crippen molar-refractivity contribution in [3.63, 3.8) is 0 Å². The van der Waals surface area contributed by atoms with Crippen LogP contribution in [0.4, 0.5) is 37.7 Å². The summed E-state index contributed by atoms with van der Waals surface area (Å²) in [5, 5.41) is 17.6. The molecular formula is C37H40F6N6O6. The molecule has 2 fully saturated rings. The standard InChI is InChI=1S/C35H39F3N6O4.C2HF3O2/c1-3-43-13-15-44(16-14-43)21-25-11-12-26(19-27(25)35(36,37)38)39-32(46)24-10-9-22(2)28(18-24)40-31(45)20-30-34(48)41-29(33(47)42-30)17-23-7-5-4-6-8-23;3-2(4,5)1(6)7/h4-12,18-19,29-30H,3,13-17,20-21H2,1-2H3,(H,39,46)(H,40,45)(H,41,48)(H,42,47);(H,6,7)/t29-,30-;/m0./s1. The second kappa shape index (κ2) is 18.2. The van der Waals surface area contributed by atoms with Crippen LogP contribution in [0, 0.1) is 6.92 Å². The van der Waals surface area contributed by atoms with Gasteiger partial charge in [-0.1, -0.05) is 49.4 Å². The molecule has 0 aliphatic carbocycles. The Morgan fingerprint density at radius 3 is 2.02 bits per heavy atom. The summed E-state index contributed by atoms with van der Waals surface area (Å²) in [6, 6.07) is 15.7. The average Bonchev–Trinajstić information content (AvgIpc) is 3.12. The summed E-state index contributed by atoms with van der Waals surface area (Å²) in [5.74, 6) is -4.88. The maximum Gasteiger partial charge on any atom is 0.490 e. The summed E-state index contributed by atoms with van der Waals surface area (Å²) < 4.78 is 74.0. The molecule has 0 bridgehead atoms. The molecule has 3 aromatic carbocycles. The largest absolute Gasteiger partial charge is 0.490 e. The lowest BCUT2D eigenvalue weighted by atomic mass is 10.0. The van der Waals surface area contributed by atoms with E-state index in [0.29, 0.717) is 25.1 Å². The van der Waals surface area contributed by atoms with Crippen molar-refractivity contribution in [2.45, 2.75) is 57.7 Å². The third kappa shape index (κ3) is 12.3. The molecule has 2 aliphatic rings. The highest BCUT2D eigenvalue weighted by Crippen LogP contribution is 2.35. The Kier molecular flexibility index (Phi) is 14.0. The number of carbonyl (C=O) groups excluding carboxylic acids is 4. The van der Waals surface area contributed by atoms with E-state index in [1.165, 1.54) is 24.3 Å². The Bertz CT molecular complexity index is 1870. The highest BCUT2D eigenvalue weighted by Gasteiger charge is 2.38. The Balaban J connectivity index is 0.000000876. The molecule has 3 aromatic rings. The van der Waals surface area contributed by atoms with Gasteiger partial charge in [0.25, 0.3) is 5.91 Å². The molecule has 0 saturated carbocycles. The molecule has 2 aliphatic heterocycles. The summed E-state index contributed by atoms with van der Waals surface area (Å²) in [4.78, 5) is 64.5. The number of likely N-dealkylation sites (N-methyl/N-ethyl adjacent to an activating group) is 1. The Morgan fingerprint density at radius 2 is 1.42 bits per heavy atom. The first kappa shape index (κ1) is 42.3. The number of amides is 4. The minimum Gasteiger partial charge on any atom is -0.475 e. The summed E-state index contributed by atoms with van der Waals surface area (Å²) >= 11 is 0. The van der Waals surface area contributed by atoms with Crippen molar-refractivity contribution in [2.75, 3.05) is 43.4 Å². The molecule has 18 heteroatoms. The molecule has 2 saturated heterocycles. The molecule has 4 amide bonds. The Hall–Kier alpha value is -5.49. The number of hydrogen-bond acceptors (Lipinski definition) is 7. The van der Waals surface area contributed by atoms with E-state index in [-0.39, 0.29) is 35.5 Å². The monoisotopic (exact) mass is 778 g/mol. The number of carboxylic acids is 1. The van der Waals surface area contributed by atoms with Crippen molar-refractivity contribution in [3.05, 3.63) is 94.5 Å². The SMILES string of the molecule is CCN1CCN(Cc2ccc(NC(=O)c3ccc(C)c(NC(=O)C[C@@H]4NC(=O)[C@H](Cc5ccccc5)NC4=O)c3)cc2C(F)(F)F)CC1.O=C(O)C(F)(F)F. The lowest BCUT2D eigenvalue weighted by Gasteiger charge is -2.34. The van der Waals surface area contributed by atoms with Crippen LogP contribution in [0.3, 0.4) is 0 Å². The first-order valence-corrected chi connectivity index (χ1v) is 17.2. The minimum absolute atomic E-state index is 0.0114. The molecule has 5 rings (SSSR count). The predicted molar refractivity (Wildman–Crippen MR) is 189 cm³/mol. The average molecular weight is 779 g/mol. The number of aryl methyl sites for hydroxylation is 1. The number of anilines is 2. The number of benzene rings is 3. The van der Waals surface area contributed by atoms with Crippen LogP contribution >= 0.6 is 0 Å². The number of rotatable bonds is 10. The van der Waals surface area contributed by atoms with Gasteiger partial charge >= 0.3 is 18.3 Å². The lowest BCUT2D eigenvalue weighted by molar-refractivity contribution is -0.192. The number of carboxylic acid groups (broad SMARTS) is 1. The summed E-state index contributed by atoms with van der Waals surface area (Å²) in [7, 11) is 0. The van der Waals surface area contributed by atoms with Crippen molar-refractivity contribution >= 4 is 41.0 Å². The van der Waals surface area contributed by atoms with Gasteiger partial charge in [-0.25, -0.2) is 4.79 Å². The van der Waals surface area contributed by atoms with Crippen LogP contribution in [0.2, 0.25) is 0 Å². The highest BCUT2D eigenvalue weighted by atomic mass is 19.4. The van der Waals surface area contributed by atoms with Crippen molar-refractivity contribution in [1.29, 1.82) is 0 Å². The van der Waals surface area contributed by atoms with Gasteiger partial charge in [-0.2, -0.15) is 26.3 Å². The summed E-state index contributed by atoms with van der Waals surface area (Å²) in [6.07, 6.45) is -9.73. The molecule has 55 heavy (non-hydrogen) atoms. The number of nitrogens with zero attached hydrogens (tertiary/aromatic N) is 2. The molecule has 2 atom stereocenters. The van der Waals surface area contributed by atoms with Crippen molar-refractivity contribution in [2.24, 2.45) is 0 Å². The van der Waals surface area contributed by atoms with Crippen LogP contribution in [0.1, 0.15) is 46.0 Å². The zero-order valence-electron chi connectivity index (χ0n) is 29.8. The van der Waals surface area contributed by atoms with Crippen molar-refractivity contribution in [1.82, 2.24) is 20.4 Å². The number of alkyl halides is 6. The zero-order valence-corrected chi connectivity index (χ0v) is 29.8. The van der Waals surface area contributed by atoms with E-state index >= 15 is 0 Å².